The fourth-order valence-electron chi connectivity index (χ4n) is 1.99. The summed E-state index contributed by atoms with van der Waals surface area (Å²) in [4.78, 5) is 26.4. The highest BCUT2D eigenvalue weighted by Crippen LogP contribution is 2.16. The van der Waals surface area contributed by atoms with E-state index in [1.54, 1.807) is 16.8 Å². The quantitative estimate of drug-likeness (QED) is 0.838. The first-order valence-corrected chi connectivity index (χ1v) is 6.69. The highest BCUT2D eigenvalue weighted by atomic mass is 35.5. The molecule has 0 saturated heterocycles. The van der Waals surface area contributed by atoms with Crippen molar-refractivity contribution in [2.75, 3.05) is 25.0 Å². The highest BCUT2D eigenvalue weighted by molar-refractivity contribution is 5.95. The van der Waals surface area contributed by atoms with Crippen LogP contribution in [-0.2, 0) is 9.59 Å². The Labute approximate surface area is 132 Å². The third-order valence-corrected chi connectivity index (χ3v) is 2.93. The number of halogens is 1. The van der Waals surface area contributed by atoms with Crippen molar-refractivity contribution in [1.29, 1.82) is 0 Å². The second kappa shape index (κ2) is 9.37. The Kier molecular flexibility index (Phi) is 8.66. The zero-order valence-electron chi connectivity index (χ0n) is 12.7. The largest absolute Gasteiger partial charge is 0.481 e. The van der Waals surface area contributed by atoms with Crippen molar-refractivity contribution in [3.05, 3.63) is 30.3 Å². The van der Waals surface area contributed by atoms with Crippen molar-refractivity contribution < 1.29 is 14.7 Å². The third-order valence-electron chi connectivity index (χ3n) is 2.93. The fourth-order valence-corrected chi connectivity index (χ4v) is 1.99. The second-order valence-electron chi connectivity index (χ2n) is 5.07. The summed E-state index contributed by atoms with van der Waals surface area (Å²) in [6, 6.07) is 9.55. The van der Waals surface area contributed by atoms with Gasteiger partial charge in [-0.05, 0) is 33.0 Å². The van der Waals surface area contributed by atoms with Crippen molar-refractivity contribution in [2.24, 2.45) is 0 Å². The summed E-state index contributed by atoms with van der Waals surface area (Å²) in [6.45, 7) is 4.49. The van der Waals surface area contributed by atoms with Crippen LogP contribution in [0.4, 0.5) is 5.69 Å². The molecule has 0 aliphatic rings. The van der Waals surface area contributed by atoms with Gasteiger partial charge >= 0.3 is 5.97 Å². The molecule has 1 aromatic rings. The van der Waals surface area contributed by atoms with Gasteiger partial charge in [0.15, 0.2) is 0 Å². The number of nitrogens with zero attached hydrogens (tertiary/aromatic N) is 2. The molecular formula is C15H23ClN2O3. The smallest absolute Gasteiger partial charge is 0.304 e. The van der Waals surface area contributed by atoms with Crippen LogP contribution in [0.3, 0.4) is 0 Å². The van der Waals surface area contributed by atoms with Gasteiger partial charge in [-0.15, -0.1) is 12.4 Å². The van der Waals surface area contributed by atoms with E-state index in [0.29, 0.717) is 6.54 Å². The Morgan fingerprint density at radius 2 is 1.76 bits per heavy atom. The monoisotopic (exact) mass is 314 g/mol. The number of carboxylic acid groups (broad SMARTS) is 1. The summed E-state index contributed by atoms with van der Waals surface area (Å²) in [6.07, 6.45) is 0.0385. The van der Waals surface area contributed by atoms with Gasteiger partial charge in [0.05, 0.1) is 13.0 Å². The number of hydrogen-bond acceptors (Lipinski definition) is 3. The average molecular weight is 315 g/mol. The van der Waals surface area contributed by atoms with Crippen LogP contribution in [0.15, 0.2) is 30.3 Å². The Bertz CT molecular complexity index is 451. The lowest BCUT2D eigenvalue weighted by Gasteiger charge is -2.29. The number of aliphatic carboxylic acids is 1. The topological polar surface area (TPSA) is 60.9 Å². The molecule has 0 bridgehead atoms. The first kappa shape index (κ1) is 19.4. The van der Waals surface area contributed by atoms with Gasteiger partial charge in [-0.25, -0.2) is 0 Å². The standard InChI is InChI=1S/C15H22N2O3.ClH/c1-12(2)17(13-7-5-4-6-8-13)14(18)11-16(3)10-9-15(19)20;/h4-8,12H,9-11H2,1-3H3,(H,19,20);1H. The molecule has 21 heavy (non-hydrogen) atoms. The molecule has 5 nitrogen and oxygen atoms in total. The summed E-state index contributed by atoms with van der Waals surface area (Å²) in [7, 11) is 1.75. The molecule has 0 heterocycles. The molecular weight excluding hydrogens is 292 g/mol. The van der Waals surface area contributed by atoms with Crippen LogP contribution in [0.25, 0.3) is 0 Å². The fraction of sp³-hybridized carbons (Fsp3) is 0.467. The lowest BCUT2D eigenvalue weighted by Crippen LogP contribution is -2.43. The minimum absolute atomic E-state index is 0. The first-order valence-electron chi connectivity index (χ1n) is 6.69. The maximum atomic E-state index is 12.4. The van der Waals surface area contributed by atoms with Crippen molar-refractivity contribution >= 4 is 30.0 Å². The minimum Gasteiger partial charge on any atom is -0.481 e. The lowest BCUT2D eigenvalue weighted by molar-refractivity contribution is -0.137. The number of carbonyl (C=O) groups excluding carboxylic acids is 1. The molecule has 1 N–H and O–H groups in total. The van der Waals surface area contributed by atoms with E-state index in [1.807, 2.05) is 44.2 Å². The van der Waals surface area contributed by atoms with E-state index in [2.05, 4.69) is 0 Å². The van der Waals surface area contributed by atoms with Gasteiger partial charge in [0.1, 0.15) is 0 Å². The van der Waals surface area contributed by atoms with Crippen LogP contribution >= 0.6 is 12.4 Å². The Morgan fingerprint density at radius 1 is 1.19 bits per heavy atom. The molecule has 0 aromatic heterocycles. The third kappa shape index (κ3) is 6.60. The van der Waals surface area contributed by atoms with Crippen LogP contribution in [0, 0.1) is 0 Å². The van der Waals surface area contributed by atoms with Crippen molar-refractivity contribution in [1.82, 2.24) is 4.90 Å². The number of para-hydroxylation sites is 1. The molecule has 1 amide bonds. The molecule has 1 aromatic carbocycles. The predicted octanol–water partition coefficient (Wildman–Crippen LogP) is 2.26. The zero-order chi connectivity index (χ0) is 15.1. The Balaban J connectivity index is 0.00000400. The van der Waals surface area contributed by atoms with Gasteiger partial charge in [0.2, 0.25) is 5.91 Å². The molecule has 0 saturated carbocycles. The van der Waals surface area contributed by atoms with Gasteiger partial charge in [-0.3, -0.25) is 14.5 Å². The maximum absolute atomic E-state index is 12.4. The van der Waals surface area contributed by atoms with Crippen molar-refractivity contribution in [2.45, 2.75) is 26.3 Å². The summed E-state index contributed by atoms with van der Waals surface area (Å²) in [5, 5.41) is 8.65. The summed E-state index contributed by atoms with van der Waals surface area (Å²) in [5.41, 5.74) is 0.860. The van der Waals surface area contributed by atoms with Gasteiger partial charge in [0, 0.05) is 18.3 Å². The van der Waals surface area contributed by atoms with Gasteiger partial charge in [-0.1, -0.05) is 18.2 Å². The van der Waals surface area contributed by atoms with Crippen LogP contribution in [0.1, 0.15) is 20.3 Å². The van der Waals surface area contributed by atoms with E-state index in [-0.39, 0.29) is 37.3 Å². The van der Waals surface area contributed by atoms with Gasteiger partial charge in [-0.2, -0.15) is 0 Å². The minimum atomic E-state index is -0.854. The number of carboxylic acids is 1. The van der Waals surface area contributed by atoms with E-state index >= 15 is 0 Å². The molecule has 0 unspecified atom stereocenters. The zero-order valence-corrected chi connectivity index (χ0v) is 13.5. The van der Waals surface area contributed by atoms with Crippen LogP contribution in [0.2, 0.25) is 0 Å². The van der Waals surface area contributed by atoms with E-state index in [4.69, 9.17) is 5.11 Å². The number of hydrogen-bond donors (Lipinski definition) is 1. The maximum Gasteiger partial charge on any atom is 0.304 e. The van der Waals surface area contributed by atoms with Crippen molar-refractivity contribution in [3.8, 4) is 0 Å². The van der Waals surface area contributed by atoms with E-state index in [0.717, 1.165) is 5.69 Å². The van der Waals surface area contributed by atoms with Crippen LogP contribution < -0.4 is 4.90 Å². The number of amides is 1. The van der Waals surface area contributed by atoms with Gasteiger partial charge in [0.25, 0.3) is 0 Å². The average Bonchev–Trinajstić information content (AvgIpc) is 2.37. The van der Waals surface area contributed by atoms with Crippen molar-refractivity contribution in [3.63, 3.8) is 0 Å². The lowest BCUT2D eigenvalue weighted by atomic mass is 10.2. The Morgan fingerprint density at radius 3 is 2.24 bits per heavy atom. The molecule has 6 heteroatoms. The van der Waals surface area contributed by atoms with E-state index < -0.39 is 5.97 Å². The molecule has 118 valence electrons. The predicted molar refractivity (Wildman–Crippen MR) is 86.1 cm³/mol. The SMILES string of the molecule is CC(C)N(C(=O)CN(C)CCC(=O)O)c1ccccc1.Cl. The highest BCUT2D eigenvalue weighted by Gasteiger charge is 2.20. The van der Waals surface area contributed by atoms with Crippen LogP contribution in [0.5, 0.6) is 0 Å². The number of carbonyl (C=O) groups is 2. The van der Waals surface area contributed by atoms with Gasteiger partial charge < -0.3 is 10.0 Å². The van der Waals surface area contributed by atoms with Crippen LogP contribution in [-0.4, -0.2) is 48.1 Å². The van der Waals surface area contributed by atoms with E-state index in [9.17, 15) is 9.59 Å². The molecule has 0 spiro atoms. The number of benzene rings is 1. The molecule has 0 fully saturated rings. The molecule has 0 aliphatic heterocycles. The molecule has 0 radical (unpaired) electrons. The van der Waals surface area contributed by atoms with E-state index in [1.165, 1.54) is 0 Å². The molecule has 1 rings (SSSR count). The Hall–Kier alpha value is -1.59. The molecule has 0 aliphatic carbocycles. The summed E-state index contributed by atoms with van der Waals surface area (Å²) in [5.74, 6) is -0.882. The normalized spacial score (nSPS) is 10.3. The first-order chi connectivity index (χ1) is 9.41. The summed E-state index contributed by atoms with van der Waals surface area (Å²) < 4.78 is 0. The number of likely N-dealkylation sites (N-methyl/N-ethyl adjacent to an activating group) is 1. The number of anilines is 1. The summed E-state index contributed by atoms with van der Waals surface area (Å²) >= 11 is 0. The molecule has 0 atom stereocenters. The number of rotatable bonds is 7. The second-order valence-corrected chi connectivity index (χ2v) is 5.07.